The first-order valence-corrected chi connectivity index (χ1v) is 7.29. The van der Waals surface area contributed by atoms with Gasteiger partial charge in [-0.25, -0.2) is 0 Å². The van der Waals surface area contributed by atoms with Crippen LogP contribution in [0.2, 0.25) is 0 Å². The Hall–Kier alpha value is -1.33. The molecule has 0 radical (unpaired) electrons. The first-order valence-electron chi connectivity index (χ1n) is 6.30. The van der Waals surface area contributed by atoms with Crippen LogP contribution in [0.15, 0.2) is 23.4 Å². The zero-order valence-electron chi connectivity index (χ0n) is 11.8. The zero-order chi connectivity index (χ0) is 14.0. The Kier molecular flexibility index (Phi) is 4.27. The molecule has 0 aliphatic carbocycles. The lowest BCUT2D eigenvalue weighted by Gasteiger charge is -2.15. The summed E-state index contributed by atoms with van der Waals surface area (Å²) in [7, 11) is 1.97. The lowest BCUT2D eigenvalue weighted by atomic mass is 10.0. The molecule has 0 fully saturated rings. The predicted molar refractivity (Wildman–Crippen MR) is 79.3 cm³/mol. The number of hydrogen-bond donors (Lipinski definition) is 1. The van der Waals surface area contributed by atoms with Crippen LogP contribution in [0.5, 0.6) is 0 Å². The Morgan fingerprint density at radius 1 is 1.26 bits per heavy atom. The minimum Gasteiger partial charge on any atom is -0.323 e. The van der Waals surface area contributed by atoms with Gasteiger partial charge >= 0.3 is 0 Å². The molecule has 2 rings (SSSR count). The molecule has 0 aliphatic heterocycles. The van der Waals surface area contributed by atoms with Gasteiger partial charge in [0.05, 0.1) is 0 Å². The summed E-state index contributed by atoms with van der Waals surface area (Å²) in [6, 6.07) is 6.43. The van der Waals surface area contributed by atoms with E-state index in [0.29, 0.717) is 0 Å². The summed E-state index contributed by atoms with van der Waals surface area (Å²) in [5.74, 6) is 1.72. The molecule has 1 aromatic carbocycles. The van der Waals surface area contributed by atoms with Gasteiger partial charge in [0.2, 0.25) is 0 Å². The summed E-state index contributed by atoms with van der Waals surface area (Å²) in [4.78, 5) is 0. The quantitative estimate of drug-likeness (QED) is 0.872. The molecule has 2 aromatic rings. The average Bonchev–Trinajstić information content (AvgIpc) is 2.70. The summed E-state index contributed by atoms with van der Waals surface area (Å²) in [6.07, 6.45) is 0. The lowest BCUT2D eigenvalue weighted by Crippen LogP contribution is -2.15. The fourth-order valence-electron chi connectivity index (χ4n) is 1.93. The number of nitrogens with zero attached hydrogens (tertiary/aromatic N) is 3. The fourth-order valence-corrected chi connectivity index (χ4v) is 2.86. The van der Waals surface area contributed by atoms with Crippen LogP contribution in [0.1, 0.15) is 28.6 Å². The van der Waals surface area contributed by atoms with Crippen LogP contribution in [-0.4, -0.2) is 20.5 Å². The fraction of sp³-hybridized carbons (Fsp3) is 0.429. The average molecular weight is 276 g/mol. The van der Waals surface area contributed by atoms with Crippen molar-refractivity contribution in [1.82, 2.24) is 14.8 Å². The number of thioether (sulfide) groups is 1. The van der Waals surface area contributed by atoms with E-state index in [9.17, 15) is 0 Å². The second kappa shape index (κ2) is 5.75. The maximum atomic E-state index is 6.29. The lowest BCUT2D eigenvalue weighted by molar-refractivity contribution is 0.758. The van der Waals surface area contributed by atoms with Crippen molar-refractivity contribution in [3.05, 3.63) is 40.7 Å². The first-order chi connectivity index (χ1) is 8.99. The van der Waals surface area contributed by atoms with E-state index in [-0.39, 0.29) is 6.04 Å². The highest BCUT2D eigenvalue weighted by Gasteiger charge is 2.12. The molecule has 1 aromatic heterocycles. The SMILES string of the molecule is Cc1ccc(C)c(C(N)CSc2nnc(C)n2C)c1. The van der Waals surface area contributed by atoms with Crippen molar-refractivity contribution in [2.24, 2.45) is 12.8 Å². The molecule has 0 saturated carbocycles. The van der Waals surface area contributed by atoms with Crippen LogP contribution >= 0.6 is 11.8 Å². The van der Waals surface area contributed by atoms with E-state index < -0.39 is 0 Å². The van der Waals surface area contributed by atoms with Gasteiger partial charge < -0.3 is 10.3 Å². The number of benzene rings is 1. The Morgan fingerprint density at radius 2 is 2.00 bits per heavy atom. The van der Waals surface area contributed by atoms with Gasteiger partial charge in [-0.1, -0.05) is 35.5 Å². The molecule has 1 atom stereocenters. The normalized spacial score (nSPS) is 12.7. The molecule has 0 aliphatic rings. The Morgan fingerprint density at radius 3 is 2.63 bits per heavy atom. The monoisotopic (exact) mass is 276 g/mol. The third kappa shape index (κ3) is 3.16. The summed E-state index contributed by atoms with van der Waals surface area (Å²) in [6.45, 7) is 6.14. The molecule has 19 heavy (non-hydrogen) atoms. The topological polar surface area (TPSA) is 56.7 Å². The third-order valence-electron chi connectivity index (χ3n) is 3.28. The molecule has 2 N–H and O–H groups in total. The third-order valence-corrected chi connectivity index (χ3v) is 4.42. The zero-order valence-corrected chi connectivity index (χ0v) is 12.7. The van der Waals surface area contributed by atoms with Crippen molar-refractivity contribution in [3.63, 3.8) is 0 Å². The molecule has 1 unspecified atom stereocenters. The van der Waals surface area contributed by atoms with Crippen molar-refractivity contribution in [2.75, 3.05) is 5.75 Å². The molecule has 102 valence electrons. The summed E-state index contributed by atoms with van der Waals surface area (Å²) in [5, 5.41) is 9.11. The molecule has 0 amide bonds. The number of nitrogens with two attached hydrogens (primary N) is 1. The van der Waals surface area contributed by atoms with Crippen molar-refractivity contribution < 1.29 is 0 Å². The standard InChI is InChI=1S/C14H20N4S/c1-9-5-6-10(2)12(7-9)13(15)8-19-14-17-16-11(3)18(14)4/h5-7,13H,8,15H2,1-4H3. The smallest absolute Gasteiger partial charge is 0.191 e. The summed E-state index contributed by atoms with van der Waals surface area (Å²) in [5.41, 5.74) is 9.99. The molecular weight excluding hydrogens is 256 g/mol. The van der Waals surface area contributed by atoms with Gasteiger partial charge in [0, 0.05) is 18.8 Å². The molecule has 0 saturated heterocycles. The number of hydrogen-bond acceptors (Lipinski definition) is 4. The molecule has 1 heterocycles. The second-order valence-electron chi connectivity index (χ2n) is 4.87. The molecule has 4 nitrogen and oxygen atoms in total. The predicted octanol–water partition coefficient (Wildman–Crippen LogP) is 2.53. The molecule has 5 heteroatoms. The van der Waals surface area contributed by atoms with Crippen molar-refractivity contribution in [1.29, 1.82) is 0 Å². The van der Waals surface area contributed by atoms with E-state index in [1.807, 2.05) is 18.5 Å². The Balaban J connectivity index is 2.07. The van der Waals surface area contributed by atoms with Gasteiger partial charge in [0.15, 0.2) is 5.16 Å². The van der Waals surface area contributed by atoms with Gasteiger partial charge in [-0.05, 0) is 31.9 Å². The van der Waals surface area contributed by atoms with E-state index in [1.54, 1.807) is 11.8 Å². The molecular formula is C14H20N4S. The summed E-state index contributed by atoms with van der Waals surface area (Å²) < 4.78 is 1.99. The largest absolute Gasteiger partial charge is 0.323 e. The second-order valence-corrected chi connectivity index (χ2v) is 5.85. The number of rotatable bonds is 4. The van der Waals surface area contributed by atoms with Crippen LogP contribution < -0.4 is 5.73 Å². The first kappa shape index (κ1) is 14.1. The minimum absolute atomic E-state index is 0.0157. The minimum atomic E-state index is 0.0157. The van der Waals surface area contributed by atoms with Gasteiger partial charge in [0.1, 0.15) is 5.82 Å². The number of aryl methyl sites for hydroxylation is 3. The van der Waals surface area contributed by atoms with Crippen molar-refractivity contribution in [3.8, 4) is 0 Å². The maximum Gasteiger partial charge on any atom is 0.191 e. The van der Waals surface area contributed by atoms with E-state index in [1.165, 1.54) is 16.7 Å². The van der Waals surface area contributed by atoms with Gasteiger partial charge in [-0.2, -0.15) is 0 Å². The highest BCUT2D eigenvalue weighted by atomic mass is 32.2. The van der Waals surface area contributed by atoms with Crippen LogP contribution in [0.3, 0.4) is 0 Å². The van der Waals surface area contributed by atoms with Gasteiger partial charge in [0.25, 0.3) is 0 Å². The maximum absolute atomic E-state index is 6.29. The molecule has 0 spiro atoms. The summed E-state index contributed by atoms with van der Waals surface area (Å²) >= 11 is 1.65. The highest BCUT2D eigenvalue weighted by molar-refractivity contribution is 7.99. The van der Waals surface area contributed by atoms with Gasteiger partial charge in [-0.15, -0.1) is 10.2 Å². The van der Waals surface area contributed by atoms with E-state index in [0.717, 1.165) is 16.7 Å². The van der Waals surface area contributed by atoms with Crippen molar-refractivity contribution >= 4 is 11.8 Å². The van der Waals surface area contributed by atoms with Crippen molar-refractivity contribution in [2.45, 2.75) is 32.0 Å². The van der Waals surface area contributed by atoms with E-state index in [2.05, 4.69) is 42.2 Å². The molecule has 0 bridgehead atoms. The van der Waals surface area contributed by atoms with Crippen LogP contribution in [0.25, 0.3) is 0 Å². The number of aromatic nitrogens is 3. The van der Waals surface area contributed by atoms with Crippen LogP contribution in [0.4, 0.5) is 0 Å². The van der Waals surface area contributed by atoms with E-state index in [4.69, 9.17) is 5.73 Å². The van der Waals surface area contributed by atoms with Crippen LogP contribution in [-0.2, 0) is 7.05 Å². The van der Waals surface area contributed by atoms with Gasteiger partial charge in [-0.3, -0.25) is 0 Å². The Labute approximate surface area is 118 Å². The van der Waals surface area contributed by atoms with Crippen LogP contribution in [0, 0.1) is 20.8 Å². The highest BCUT2D eigenvalue weighted by Crippen LogP contribution is 2.24. The Bertz CT molecular complexity index is 577. The van der Waals surface area contributed by atoms with E-state index >= 15 is 0 Å².